The lowest BCUT2D eigenvalue weighted by Crippen LogP contribution is -2.10. The molecule has 23 heavy (non-hydrogen) atoms. The summed E-state index contributed by atoms with van der Waals surface area (Å²) in [4.78, 5) is 16.3. The second kappa shape index (κ2) is 6.92. The van der Waals surface area contributed by atoms with Crippen molar-refractivity contribution in [1.29, 1.82) is 0 Å². The van der Waals surface area contributed by atoms with Crippen molar-refractivity contribution in [1.82, 2.24) is 9.55 Å². The van der Waals surface area contributed by atoms with E-state index in [1.165, 1.54) is 5.56 Å². The van der Waals surface area contributed by atoms with Crippen LogP contribution in [-0.2, 0) is 17.9 Å². The summed E-state index contributed by atoms with van der Waals surface area (Å²) in [6.07, 6.45) is 3.61. The molecule has 3 rings (SSSR count). The molecule has 0 saturated carbocycles. The zero-order valence-corrected chi connectivity index (χ0v) is 13.0. The highest BCUT2D eigenvalue weighted by Gasteiger charge is 2.10. The van der Waals surface area contributed by atoms with Crippen molar-refractivity contribution in [2.45, 2.75) is 20.1 Å². The molecule has 2 aromatic carbocycles. The van der Waals surface area contributed by atoms with Crippen molar-refractivity contribution in [2.75, 3.05) is 0 Å². The Morgan fingerprint density at radius 1 is 1.09 bits per heavy atom. The van der Waals surface area contributed by atoms with Gasteiger partial charge in [0.25, 0.3) is 0 Å². The van der Waals surface area contributed by atoms with Crippen molar-refractivity contribution < 1.29 is 9.53 Å². The van der Waals surface area contributed by atoms with Gasteiger partial charge in [-0.25, -0.2) is 9.78 Å². The van der Waals surface area contributed by atoms with Gasteiger partial charge in [-0.2, -0.15) is 0 Å². The molecule has 0 fully saturated rings. The molecule has 0 atom stereocenters. The first-order valence-corrected chi connectivity index (χ1v) is 7.50. The van der Waals surface area contributed by atoms with Crippen LogP contribution in [0.15, 0.2) is 67.0 Å². The van der Waals surface area contributed by atoms with Gasteiger partial charge in [-0.1, -0.05) is 48.0 Å². The highest BCUT2D eigenvalue weighted by atomic mass is 16.5. The van der Waals surface area contributed by atoms with E-state index < -0.39 is 0 Å². The van der Waals surface area contributed by atoms with E-state index >= 15 is 0 Å². The van der Waals surface area contributed by atoms with Crippen LogP contribution in [-0.4, -0.2) is 15.5 Å². The maximum absolute atomic E-state index is 12.1. The summed E-state index contributed by atoms with van der Waals surface area (Å²) in [5, 5.41) is 0. The average Bonchev–Trinajstić information content (AvgIpc) is 3.01. The van der Waals surface area contributed by atoms with Gasteiger partial charge in [-0.3, -0.25) is 0 Å². The number of imidazole rings is 1. The van der Waals surface area contributed by atoms with Crippen LogP contribution < -0.4 is 0 Å². The van der Waals surface area contributed by atoms with Gasteiger partial charge in [0.1, 0.15) is 12.4 Å². The van der Waals surface area contributed by atoms with Crippen molar-refractivity contribution in [3.05, 3.63) is 89.5 Å². The fourth-order valence-corrected chi connectivity index (χ4v) is 2.31. The molecular formula is C19H18N2O2. The summed E-state index contributed by atoms with van der Waals surface area (Å²) in [6.45, 7) is 2.85. The van der Waals surface area contributed by atoms with E-state index in [1.807, 2.05) is 48.0 Å². The molecule has 0 N–H and O–H groups in total. The smallest absolute Gasteiger partial charge is 0.338 e. The average molecular weight is 306 g/mol. The molecule has 1 aromatic heterocycles. The van der Waals surface area contributed by atoms with Crippen LogP contribution in [0.3, 0.4) is 0 Å². The van der Waals surface area contributed by atoms with E-state index in [0.29, 0.717) is 12.1 Å². The molecule has 116 valence electrons. The highest BCUT2D eigenvalue weighted by Crippen LogP contribution is 2.09. The molecule has 0 aliphatic carbocycles. The van der Waals surface area contributed by atoms with Crippen LogP contribution in [0.1, 0.15) is 27.3 Å². The van der Waals surface area contributed by atoms with Crippen molar-refractivity contribution in [3.63, 3.8) is 0 Å². The first-order valence-electron chi connectivity index (χ1n) is 7.50. The lowest BCUT2D eigenvalue weighted by atomic mass is 10.1. The Kier molecular flexibility index (Phi) is 4.52. The molecular weight excluding hydrogens is 288 g/mol. The maximum atomic E-state index is 12.1. The molecule has 3 aromatic rings. The second-order valence-corrected chi connectivity index (χ2v) is 5.40. The Hall–Kier alpha value is -2.88. The number of hydrogen-bond acceptors (Lipinski definition) is 3. The van der Waals surface area contributed by atoms with Gasteiger partial charge in [-0.15, -0.1) is 0 Å². The normalized spacial score (nSPS) is 10.5. The Labute approximate surface area is 135 Å². The van der Waals surface area contributed by atoms with Gasteiger partial charge >= 0.3 is 5.97 Å². The summed E-state index contributed by atoms with van der Waals surface area (Å²) < 4.78 is 7.35. The largest absolute Gasteiger partial charge is 0.454 e. The van der Waals surface area contributed by atoms with Crippen LogP contribution in [0.2, 0.25) is 0 Å². The first kappa shape index (κ1) is 15.0. The third-order valence-electron chi connectivity index (χ3n) is 3.62. The van der Waals surface area contributed by atoms with Crippen LogP contribution in [0.25, 0.3) is 0 Å². The number of aromatic nitrogens is 2. The standard InChI is InChI=1S/C19H18N2O2/c1-15-7-9-17(10-8-15)19(22)23-14-18-20-11-12-21(18)13-16-5-3-2-4-6-16/h2-12H,13-14H2,1H3. The molecule has 0 saturated heterocycles. The minimum Gasteiger partial charge on any atom is -0.454 e. The SMILES string of the molecule is Cc1ccc(C(=O)OCc2nccn2Cc2ccccc2)cc1. The molecule has 0 radical (unpaired) electrons. The van der Waals surface area contributed by atoms with E-state index in [2.05, 4.69) is 17.1 Å². The number of aryl methyl sites for hydroxylation is 1. The van der Waals surface area contributed by atoms with Gasteiger partial charge in [0.05, 0.1) is 5.56 Å². The lowest BCUT2D eigenvalue weighted by molar-refractivity contribution is 0.0458. The Balaban J connectivity index is 1.64. The molecule has 0 unspecified atom stereocenters. The van der Waals surface area contributed by atoms with Gasteiger partial charge in [0.2, 0.25) is 0 Å². The van der Waals surface area contributed by atoms with Crippen LogP contribution >= 0.6 is 0 Å². The number of ether oxygens (including phenoxy) is 1. The van der Waals surface area contributed by atoms with E-state index in [0.717, 1.165) is 11.4 Å². The van der Waals surface area contributed by atoms with Gasteiger partial charge in [0, 0.05) is 18.9 Å². The number of hydrogen-bond donors (Lipinski definition) is 0. The Morgan fingerprint density at radius 3 is 2.57 bits per heavy atom. The minimum atomic E-state index is -0.334. The molecule has 0 amide bonds. The van der Waals surface area contributed by atoms with Crippen molar-refractivity contribution >= 4 is 5.97 Å². The monoisotopic (exact) mass is 306 g/mol. The third kappa shape index (κ3) is 3.86. The first-order chi connectivity index (χ1) is 11.2. The number of benzene rings is 2. The van der Waals surface area contributed by atoms with E-state index in [1.54, 1.807) is 18.3 Å². The molecule has 1 heterocycles. The summed E-state index contributed by atoms with van der Waals surface area (Å²) in [6, 6.07) is 17.4. The summed E-state index contributed by atoms with van der Waals surface area (Å²) in [7, 11) is 0. The summed E-state index contributed by atoms with van der Waals surface area (Å²) >= 11 is 0. The zero-order chi connectivity index (χ0) is 16.1. The van der Waals surface area contributed by atoms with Crippen LogP contribution in [0.5, 0.6) is 0 Å². The fraction of sp³-hybridized carbons (Fsp3) is 0.158. The molecule has 0 bridgehead atoms. The van der Waals surface area contributed by atoms with E-state index in [-0.39, 0.29) is 12.6 Å². The van der Waals surface area contributed by atoms with Crippen LogP contribution in [0, 0.1) is 6.92 Å². The maximum Gasteiger partial charge on any atom is 0.338 e. The predicted molar refractivity (Wildman–Crippen MR) is 88.1 cm³/mol. The minimum absolute atomic E-state index is 0.159. The number of esters is 1. The fourth-order valence-electron chi connectivity index (χ4n) is 2.31. The van der Waals surface area contributed by atoms with Gasteiger partial charge in [0.15, 0.2) is 0 Å². The number of rotatable bonds is 5. The topological polar surface area (TPSA) is 44.1 Å². The number of nitrogens with zero attached hydrogens (tertiary/aromatic N) is 2. The second-order valence-electron chi connectivity index (χ2n) is 5.40. The van der Waals surface area contributed by atoms with Crippen molar-refractivity contribution in [3.8, 4) is 0 Å². The van der Waals surface area contributed by atoms with Gasteiger partial charge in [-0.05, 0) is 24.6 Å². The van der Waals surface area contributed by atoms with E-state index in [4.69, 9.17) is 4.74 Å². The molecule has 0 aliphatic rings. The Morgan fingerprint density at radius 2 is 1.83 bits per heavy atom. The summed E-state index contributed by atoms with van der Waals surface area (Å²) in [5.41, 5.74) is 2.84. The molecule has 0 spiro atoms. The van der Waals surface area contributed by atoms with Crippen LogP contribution in [0.4, 0.5) is 0 Å². The number of carbonyl (C=O) groups is 1. The highest BCUT2D eigenvalue weighted by molar-refractivity contribution is 5.89. The molecule has 4 heteroatoms. The number of carbonyl (C=O) groups excluding carboxylic acids is 1. The van der Waals surface area contributed by atoms with E-state index in [9.17, 15) is 4.79 Å². The lowest BCUT2D eigenvalue weighted by Gasteiger charge is -2.09. The summed E-state index contributed by atoms with van der Waals surface area (Å²) in [5.74, 6) is 0.397. The molecule has 0 aliphatic heterocycles. The van der Waals surface area contributed by atoms with Crippen molar-refractivity contribution in [2.24, 2.45) is 0 Å². The third-order valence-corrected chi connectivity index (χ3v) is 3.62. The Bertz CT molecular complexity index is 777. The zero-order valence-electron chi connectivity index (χ0n) is 13.0. The predicted octanol–water partition coefficient (Wildman–Crippen LogP) is 3.60. The quantitative estimate of drug-likeness (QED) is 0.677. The van der Waals surface area contributed by atoms with Gasteiger partial charge < -0.3 is 9.30 Å². The molecule has 4 nitrogen and oxygen atoms in total.